The van der Waals surface area contributed by atoms with Crippen molar-refractivity contribution in [2.24, 2.45) is 29.2 Å². The van der Waals surface area contributed by atoms with E-state index in [9.17, 15) is 132 Å². The maximum absolute atomic E-state index is 14.5. The Morgan fingerprint density at radius 2 is 0.726 bits per heavy atom. The maximum Gasteiger partial charge on any atom is 0.325 e. The van der Waals surface area contributed by atoms with Crippen LogP contribution in [0.2, 0.25) is 0 Å². The lowest BCUT2D eigenvalue weighted by Crippen LogP contribution is -2.61. The minimum atomic E-state index is -1.97. The van der Waals surface area contributed by atoms with Crippen molar-refractivity contribution in [3.05, 3.63) is 36.0 Å². The van der Waals surface area contributed by atoms with E-state index in [1.807, 2.05) is 0 Å². The van der Waals surface area contributed by atoms with Gasteiger partial charge < -0.3 is 127 Å². The minimum absolute atomic E-state index is 0.127. The van der Waals surface area contributed by atoms with Crippen LogP contribution in [0.3, 0.4) is 0 Å². The van der Waals surface area contributed by atoms with Crippen molar-refractivity contribution in [3.63, 3.8) is 0 Å². The fourth-order valence-electron chi connectivity index (χ4n) is 10.6. The second-order valence-electron chi connectivity index (χ2n) is 27.0. The van der Waals surface area contributed by atoms with Gasteiger partial charge in [0.15, 0.2) is 0 Å². The number of fused-ring (bicyclic) bond motifs is 1. The third-order valence-electron chi connectivity index (χ3n) is 17.7. The molecule has 0 fully saturated rings. The van der Waals surface area contributed by atoms with Crippen molar-refractivity contribution >= 4 is 129 Å². The zero-order chi connectivity index (χ0) is 85.7. The molecule has 0 unspecified atom stereocenters. The van der Waals surface area contributed by atoms with E-state index in [-0.39, 0.29) is 12.8 Å². The minimum Gasteiger partial charge on any atom is -0.481 e. The average molecular weight is 1600 g/mol. The number of amides is 15. The van der Waals surface area contributed by atoms with Gasteiger partial charge in [0.2, 0.25) is 88.6 Å². The number of carboxylic acid groups (broad SMARTS) is 5. The molecule has 15 atom stereocenters. The highest BCUT2D eigenvalue weighted by atomic mass is 16.4. The lowest BCUT2D eigenvalue weighted by Gasteiger charge is -2.28. The van der Waals surface area contributed by atoms with E-state index >= 15 is 0 Å². The van der Waals surface area contributed by atoms with E-state index < -0.39 is 305 Å². The van der Waals surface area contributed by atoms with Gasteiger partial charge in [-0.3, -0.25) is 95.9 Å². The number of carbonyl (C=O) groups is 20. The van der Waals surface area contributed by atoms with Crippen molar-refractivity contribution in [1.82, 2.24) is 79.4 Å². The van der Waals surface area contributed by atoms with Gasteiger partial charge in [-0.15, -0.1) is 0 Å². The van der Waals surface area contributed by atoms with Crippen molar-refractivity contribution in [2.45, 2.75) is 217 Å². The van der Waals surface area contributed by atoms with E-state index in [0.717, 1.165) is 6.92 Å². The topological polar surface area (TPSA) is 719 Å². The Bertz CT molecular complexity index is 3740. The predicted octanol–water partition coefficient (Wildman–Crippen LogP) is -7.33. The molecule has 0 saturated carbocycles. The molecule has 1 aromatic heterocycles. The van der Waals surface area contributed by atoms with Gasteiger partial charge in [-0.2, -0.15) is 0 Å². The first-order chi connectivity index (χ1) is 53.0. The lowest BCUT2D eigenvalue weighted by molar-refractivity contribution is -0.142. The smallest absolute Gasteiger partial charge is 0.325 e. The van der Waals surface area contributed by atoms with Crippen molar-refractivity contribution < 1.29 is 132 Å². The summed E-state index contributed by atoms with van der Waals surface area (Å²) in [5.74, 6) is -26.1. The van der Waals surface area contributed by atoms with Crippen LogP contribution in [0, 0.1) is 17.8 Å². The molecule has 44 nitrogen and oxygen atoms in total. The van der Waals surface area contributed by atoms with Gasteiger partial charge in [0.1, 0.15) is 72.5 Å². The fraction of sp³-hybridized carbons (Fsp3) is 0.594. The zero-order valence-corrected chi connectivity index (χ0v) is 63.6. The van der Waals surface area contributed by atoms with E-state index in [4.69, 9.17) is 11.5 Å². The van der Waals surface area contributed by atoms with E-state index in [0.29, 0.717) is 22.9 Å². The van der Waals surface area contributed by atoms with Gasteiger partial charge in [0.25, 0.3) is 0 Å². The number of benzene rings is 1. The number of hydrogen-bond donors (Lipinski definition) is 24. The Hall–Kier alpha value is -12.0. The summed E-state index contributed by atoms with van der Waals surface area (Å²) in [6, 6.07) is -14.5. The molecule has 0 radical (unpaired) electrons. The number of nitrogens with two attached hydrogens (primary N) is 2. The van der Waals surface area contributed by atoms with Crippen LogP contribution < -0.4 is 85.9 Å². The molecule has 2 aromatic rings. The number of aliphatic carboxylic acids is 5. The van der Waals surface area contributed by atoms with Gasteiger partial charge >= 0.3 is 29.8 Å². The van der Waals surface area contributed by atoms with E-state index in [1.54, 1.807) is 45.0 Å². The summed E-state index contributed by atoms with van der Waals surface area (Å²) in [7, 11) is 0. The molecule has 0 saturated heterocycles. The number of aromatic amines is 1. The number of carboxylic acids is 5. The predicted molar refractivity (Wildman–Crippen MR) is 392 cm³/mol. The Labute approximate surface area is 647 Å². The molecule has 0 aliphatic rings. The Balaban J connectivity index is 2.33. The molecule has 15 amide bonds. The average Bonchev–Trinajstić information content (AvgIpc) is 1.72. The Kier molecular flexibility index (Phi) is 41.8. The second kappa shape index (κ2) is 48.6. The Morgan fingerprint density at radius 1 is 0.389 bits per heavy atom. The molecule has 44 heteroatoms. The number of aromatic nitrogens is 1. The number of H-pyrrole nitrogens is 1. The first-order valence-corrected chi connectivity index (χ1v) is 36.1. The van der Waals surface area contributed by atoms with Crippen molar-refractivity contribution in [3.8, 4) is 0 Å². The van der Waals surface area contributed by atoms with Gasteiger partial charge in [-0.25, -0.2) is 0 Å². The standard InChI is InChI=1S/C69H105N17O27/c1-9-32(5)55(84-49(91)28-73-58(101)39(16-21-50(92)93)77-64(107)44(25-36-26-72-38-14-12-11-13-37(36)38)82-62(105)42(18-23-52(96)97)81-68(111)56(33(6)10-2)86-57(100)34(7)70)67(110)80-43(19-24-53(98)99)63(106)83-45(29-87)59(102)74-27-48(90)76-46(30-88)65(108)85-54(31(3)4)66(109)79-41(17-22-51(94)95)61(104)78-40(15-20-47(71)89)60(103)75-35(8)69(112)113/h11-14,26,31-35,39-46,54-56,72,87-88H,9-10,15-25,27-30,70H2,1-8H3,(H2,71,89)(H,73,101)(H,74,102)(H,75,103)(H,76,90)(H,77,107)(H,78,104)(H,79,109)(H,80,110)(H,81,111)(H,82,105)(H,83,106)(H,84,91)(H,85,108)(H,86,100)(H,92,93)(H,94,95)(H,96,97)(H,98,99)(H,112,113)/t32-,33-,34-,35-,39-,40-,41-,42-,43-,44-,45-,46-,54-,55-,56-/m0/s1. The summed E-state index contributed by atoms with van der Waals surface area (Å²) in [5.41, 5.74) is 11.9. The second-order valence-corrected chi connectivity index (χ2v) is 27.0. The highest BCUT2D eigenvalue weighted by Gasteiger charge is 2.39. The third-order valence-corrected chi connectivity index (χ3v) is 17.7. The quantitative estimate of drug-likeness (QED) is 0.0293. The SMILES string of the molecule is CC[C@H](C)[C@H](NC(=O)CNC(=O)[C@H](CCC(=O)O)NC(=O)[C@H](Cc1c[nH]c2ccccc12)NC(=O)[C@H](CCC(=O)O)NC(=O)[C@@H](NC(=O)[C@H](C)N)[C@@H](C)CC)C(=O)N[C@@H](CCC(=O)O)C(=O)N[C@@H](CO)C(=O)NCC(=O)N[C@@H](CO)C(=O)N[C@H](C(=O)N[C@@H](CCC(=O)O)C(=O)N[C@@H](CCC(N)=O)C(=O)N[C@@H](C)C(=O)O)C(C)C. The number of carbonyl (C=O) groups excluding carboxylic acids is 15. The van der Waals surface area contributed by atoms with Crippen LogP contribution in [0.5, 0.6) is 0 Å². The van der Waals surface area contributed by atoms with Crippen LogP contribution in [0.15, 0.2) is 30.5 Å². The summed E-state index contributed by atoms with van der Waals surface area (Å²) < 4.78 is 0. The summed E-state index contributed by atoms with van der Waals surface area (Å²) in [6.07, 6.45) is -4.83. The molecule has 113 heavy (non-hydrogen) atoms. The molecular formula is C69H105N17O27. The van der Waals surface area contributed by atoms with Gasteiger partial charge in [0.05, 0.1) is 32.3 Å². The lowest BCUT2D eigenvalue weighted by atomic mass is 9.97. The summed E-state index contributed by atoms with van der Waals surface area (Å²) >= 11 is 0. The molecule has 0 aliphatic heterocycles. The molecule has 0 spiro atoms. The van der Waals surface area contributed by atoms with Gasteiger partial charge in [0, 0.05) is 55.6 Å². The molecular weight excluding hydrogens is 1500 g/mol. The molecule has 1 heterocycles. The number of aliphatic hydroxyl groups excluding tert-OH is 2. The molecule has 1 aromatic carbocycles. The molecule has 26 N–H and O–H groups in total. The summed E-state index contributed by atoms with van der Waals surface area (Å²) in [5, 5.41) is 100. The molecule has 0 bridgehead atoms. The van der Waals surface area contributed by atoms with E-state index in [1.165, 1.54) is 33.9 Å². The number of primary amides is 1. The number of hydrogen-bond acceptors (Lipinski definition) is 23. The first kappa shape index (κ1) is 97.1. The number of aliphatic hydroxyl groups is 2. The van der Waals surface area contributed by atoms with Crippen LogP contribution in [0.25, 0.3) is 10.9 Å². The van der Waals surface area contributed by atoms with Gasteiger partial charge in [-0.1, -0.05) is 72.6 Å². The summed E-state index contributed by atoms with van der Waals surface area (Å²) in [4.78, 5) is 264. The number of nitrogens with one attached hydrogen (secondary N) is 15. The largest absolute Gasteiger partial charge is 0.481 e. The highest BCUT2D eigenvalue weighted by molar-refractivity contribution is 6.01. The zero-order valence-electron chi connectivity index (χ0n) is 63.6. The fourth-order valence-corrected chi connectivity index (χ4v) is 10.6. The van der Waals surface area contributed by atoms with E-state index in [2.05, 4.69) is 79.4 Å². The monoisotopic (exact) mass is 1600 g/mol. The van der Waals surface area contributed by atoms with Crippen molar-refractivity contribution in [2.75, 3.05) is 26.3 Å². The normalized spacial score (nSPS) is 15.0. The summed E-state index contributed by atoms with van der Waals surface area (Å²) in [6.45, 7) is 7.24. The van der Waals surface area contributed by atoms with Gasteiger partial charge in [-0.05, 0) is 75.3 Å². The molecule has 0 aliphatic carbocycles. The molecule has 2 rings (SSSR count). The molecule has 628 valence electrons. The van der Waals surface area contributed by atoms with Crippen LogP contribution in [-0.2, 0) is 102 Å². The Morgan fingerprint density at radius 3 is 1.13 bits per heavy atom. The van der Waals surface area contributed by atoms with Crippen molar-refractivity contribution in [1.29, 1.82) is 0 Å². The van der Waals surface area contributed by atoms with Crippen LogP contribution >= 0.6 is 0 Å². The highest BCUT2D eigenvalue weighted by Crippen LogP contribution is 2.21. The number of para-hydroxylation sites is 1. The third kappa shape index (κ3) is 34.5. The van der Waals surface area contributed by atoms with Crippen LogP contribution in [-0.4, -0.2) is 264 Å². The van der Waals surface area contributed by atoms with Crippen LogP contribution in [0.1, 0.15) is 138 Å². The maximum atomic E-state index is 14.5. The van der Waals surface area contributed by atoms with Crippen LogP contribution in [0.4, 0.5) is 0 Å². The number of rotatable bonds is 53. The first-order valence-electron chi connectivity index (χ1n) is 36.1.